The first-order chi connectivity index (χ1) is 14.1. The number of carbonyl (C=O) groups is 2. The first-order valence-corrected chi connectivity index (χ1v) is 9.61. The van der Waals surface area contributed by atoms with Crippen LogP contribution in [-0.2, 0) is 20.1 Å². The lowest BCUT2D eigenvalue weighted by atomic mass is 10.2. The van der Waals surface area contributed by atoms with Crippen LogP contribution in [0, 0.1) is 0 Å². The molecule has 150 valence electrons. The third-order valence-electron chi connectivity index (χ3n) is 5.14. The summed E-state index contributed by atoms with van der Waals surface area (Å²) in [6, 6.07) is 9.70. The lowest BCUT2D eigenvalue weighted by molar-refractivity contribution is 0.0711. The minimum atomic E-state index is -0.269. The Hall–Kier alpha value is -3.49. The third kappa shape index (κ3) is 4.18. The molecule has 1 saturated heterocycles. The Kier molecular flexibility index (Phi) is 5.37. The second-order valence-corrected chi connectivity index (χ2v) is 7.18. The molecule has 1 aliphatic rings. The molecule has 0 radical (unpaired) electrons. The molecule has 1 aliphatic heterocycles. The van der Waals surface area contributed by atoms with E-state index in [0.717, 1.165) is 18.4 Å². The average molecular weight is 393 g/mol. The number of aromatic nitrogens is 5. The summed E-state index contributed by atoms with van der Waals surface area (Å²) in [6.45, 7) is 1.64. The molecule has 0 spiro atoms. The Balaban J connectivity index is 1.37. The highest BCUT2D eigenvalue weighted by Gasteiger charge is 2.31. The van der Waals surface area contributed by atoms with Gasteiger partial charge in [-0.05, 0) is 18.4 Å². The number of nitrogens with zero attached hydrogens (tertiary/aromatic N) is 6. The van der Waals surface area contributed by atoms with Crippen LogP contribution in [-0.4, -0.2) is 53.8 Å². The predicted molar refractivity (Wildman–Crippen MR) is 105 cm³/mol. The van der Waals surface area contributed by atoms with Gasteiger partial charge in [0.15, 0.2) is 5.69 Å². The van der Waals surface area contributed by atoms with Gasteiger partial charge in [-0.15, -0.1) is 5.10 Å². The third-order valence-corrected chi connectivity index (χ3v) is 5.14. The largest absolute Gasteiger partial charge is 0.347 e. The van der Waals surface area contributed by atoms with E-state index in [1.165, 1.54) is 0 Å². The molecule has 2 aromatic heterocycles. The highest BCUT2D eigenvalue weighted by molar-refractivity contribution is 5.93. The van der Waals surface area contributed by atoms with Crippen LogP contribution in [0.25, 0.3) is 0 Å². The summed E-state index contributed by atoms with van der Waals surface area (Å²) in [5, 5.41) is 10.9. The van der Waals surface area contributed by atoms with Gasteiger partial charge in [0.1, 0.15) is 5.69 Å². The summed E-state index contributed by atoms with van der Waals surface area (Å²) < 4.78 is 3.36. The zero-order valence-electron chi connectivity index (χ0n) is 16.2. The standard InChI is InChI=1S/C20H23N7O2/c1-25-14-21-11-18(25)20(29)27-9-5-8-16(27)12-26-13-17(23-24-26)19(28)22-10-15-6-3-2-4-7-15/h2-4,6-7,11,13-14,16H,5,8-10,12H2,1H3,(H,22,28). The maximum Gasteiger partial charge on any atom is 0.273 e. The number of hydrogen-bond donors (Lipinski definition) is 1. The van der Waals surface area contributed by atoms with Crippen LogP contribution in [0.4, 0.5) is 0 Å². The molecule has 4 rings (SSSR count). The topological polar surface area (TPSA) is 97.9 Å². The molecule has 3 aromatic rings. The molecule has 0 bridgehead atoms. The normalized spacial score (nSPS) is 16.2. The minimum absolute atomic E-state index is 0.0133. The number of likely N-dealkylation sites (tertiary alicyclic amines) is 1. The van der Waals surface area contributed by atoms with Crippen molar-refractivity contribution in [3.05, 3.63) is 66.0 Å². The van der Waals surface area contributed by atoms with Crippen molar-refractivity contribution in [3.63, 3.8) is 0 Å². The molecule has 3 heterocycles. The van der Waals surface area contributed by atoms with Gasteiger partial charge in [0, 0.05) is 20.1 Å². The fourth-order valence-corrected chi connectivity index (χ4v) is 3.58. The zero-order valence-corrected chi connectivity index (χ0v) is 16.2. The Bertz CT molecular complexity index is 995. The Morgan fingerprint density at radius 3 is 2.83 bits per heavy atom. The van der Waals surface area contributed by atoms with Crippen LogP contribution in [0.5, 0.6) is 0 Å². The molecule has 1 unspecified atom stereocenters. The van der Waals surface area contributed by atoms with E-state index in [2.05, 4.69) is 20.6 Å². The van der Waals surface area contributed by atoms with Gasteiger partial charge >= 0.3 is 0 Å². The fourth-order valence-electron chi connectivity index (χ4n) is 3.58. The number of carbonyl (C=O) groups excluding carboxylic acids is 2. The number of nitrogens with one attached hydrogen (secondary N) is 1. The van der Waals surface area contributed by atoms with Crippen molar-refractivity contribution in [2.45, 2.75) is 32.0 Å². The van der Waals surface area contributed by atoms with E-state index in [-0.39, 0.29) is 23.6 Å². The second-order valence-electron chi connectivity index (χ2n) is 7.18. The molecule has 9 nitrogen and oxygen atoms in total. The van der Waals surface area contributed by atoms with E-state index in [4.69, 9.17) is 0 Å². The van der Waals surface area contributed by atoms with Crippen LogP contribution < -0.4 is 5.32 Å². The Labute approximate surface area is 168 Å². The van der Waals surface area contributed by atoms with Gasteiger partial charge in [0.2, 0.25) is 0 Å². The molecule has 1 aromatic carbocycles. The first kappa shape index (κ1) is 18.9. The molecular weight excluding hydrogens is 370 g/mol. The van der Waals surface area contributed by atoms with Gasteiger partial charge in [0.05, 0.1) is 31.3 Å². The molecule has 0 aliphatic carbocycles. The maximum atomic E-state index is 12.8. The van der Waals surface area contributed by atoms with Crippen LogP contribution in [0.3, 0.4) is 0 Å². The number of imidazole rings is 1. The monoisotopic (exact) mass is 393 g/mol. The van der Waals surface area contributed by atoms with E-state index in [9.17, 15) is 9.59 Å². The summed E-state index contributed by atoms with van der Waals surface area (Å²) in [5.74, 6) is -0.303. The molecule has 1 N–H and O–H groups in total. The minimum Gasteiger partial charge on any atom is -0.347 e. The fraction of sp³-hybridized carbons (Fsp3) is 0.350. The number of amides is 2. The van der Waals surface area contributed by atoms with Gasteiger partial charge in [-0.1, -0.05) is 35.5 Å². The predicted octanol–water partition coefficient (Wildman–Crippen LogP) is 1.25. The highest BCUT2D eigenvalue weighted by Crippen LogP contribution is 2.21. The average Bonchev–Trinajstić information content (AvgIpc) is 3.48. The van der Waals surface area contributed by atoms with Crippen LogP contribution in [0.2, 0.25) is 0 Å². The Morgan fingerprint density at radius 1 is 1.24 bits per heavy atom. The molecule has 0 saturated carbocycles. The summed E-state index contributed by atoms with van der Waals surface area (Å²) in [5.41, 5.74) is 1.85. The SMILES string of the molecule is Cn1cncc1C(=O)N1CCCC1Cn1cc(C(=O)NCc2ccccc2)nn1. The van der Waals surface area contributed by atoms with Crippen LogP contribution in [0.1, 0.15) is 39.4 Å². The van der Waals surface area contributed by atoms with Crippen molar-refractivity contribution in [2.75, 3.05) is 6.54 Å². The van der Waals surface area contributed by atoms with E-state index in [1.807, 2.05) is 42.3 Å². The Morgan fingerprint density at radius 2 is 2.07 bits per heavy atom. The lowest BCUT2D eigenvalue weighted by Crippen LogP contribution is -2.39. The van der Waals surface area contributed by atoms with E-state index in [1.54, 1.807) is 28.0 Å². The smallest absolute Gasteiger partial charge is 0.273 e. The van der Waals surface area contributed by atoms with Crippen molar-refractivity contribution < 1.29 is 9.59 Å². The van der Waals surface area contributed by atoms with Crippen molar-refractivity contribution in [2.24, 2.45) is 7.05 Å². The van der Waals surface area contributed by atoms with Gasteiger partial charge in [-0.25, -0.2) is 9.67 Å². The van der Waals surface area contributed by atoms with E-state index < -0.39 is 0 Å². The number of hydrogen-bond acceptors (Lipinski definition) is 5. The van der Waals surface area contributed by atoms with Gasteiger partial charge in [-0.3, -0.25) is 9.59 Å². The maximum absolute atomic E-state index is 12.8. The van der Waals surface area contributed by atoms with Gasteiger partial charge in [0.25, 0.3) is 11.8 Å². The molecule has 1 fully saturated rings. The molecule has 1 atom stereocenters. The van der Waals surface area contributed by atoms with Crippen molar-refractivity contribution in [3.8, 4) is 0 Å². The van der Waals surface area contributed by atoms with Crippen LogP contribution >= 0.6 is 0 Å². The van der Waals surface area contributed by atoms with E-state index >= 15 is 0 Å². The number of aryl methyl sites for hydroxylation is 1. The van der Waals surface area contributed by atoms with Crippen molar-refractivity contribution in [1.29, 1.82) is 0 Å². The van der Waals surface area contributed by atoms with Crippen molar-refractivity contribution >= 4 is 11.8 Å². The first-order valence-electron chi connectivity index (χ1n) is 9.61. The number of rotatable bonds is 6. The van der Waals surface area contributed by atoms with Crippen molar-refractivity contribution in [1.82, 2.24) is 34.8 Å². The molecule has 29 heavy (non-hydrogen) atoms. The van der Waals surface area contributed by atoms with Gasteiger partial charge < -0.3 is 14.8 Å². The summed E-state index contributed by atoms with van der Waals surface area (Å²) >= 11 is 0. The zero-order chi connectivity index (χ0) is 20.2. The summed E-state index contributed by atoms with van der Waals surface area (Å²) in [4.78, 5) is 31.0. The van der Waals surface area contributed by atoms with Gasteiger partial charge in [-0.2, -0.15) is 0 Å². The second kappa shape index (κ2) is 8.26. The number of benzene rings is 1. The summed E-state index contributed by atoms with van der Waals surface area (Å²) in [7, 11) is 1.81. The van der Waals surface area contributed by atoms with E-state index in [0.29, 0.717) is 25.3 Å². The summed E-state index contributed by atoms with van der Waals surface area (Å²) in [6.07, 6.45) is 6.66. The van der Waals surface area contributed by atoms with Crippen LogP contribution in [0.15, 0.2) is 49.1 Å². The lowest BCUT2D eigenvalue weighted by Gasteiger charge is -2.24. The highest BCUT2D eigenvalue weighted by atomic mass is 16.2. The molecular formula is C20H23N7O2. The molecule has 9 heteroatoms. The quantitative estimate of drug-likeness (QED) is 0.680. The molecule has 2 amide bonds.